The minimum absolute atomic E-state index is 0.00999. The lowest BCUT2D eigenvalue weighted by Gasteiger charge is -2.32. The number of alkyl carbamates (subject to hydrolysis) is 1. The molecular formula is C28H39N3O6. The van der Waals surface area contributed by atoms with Crippen molar-refractivity contribution in [3.05, 3.63) is 71.8 Å². The van der Waals surface area contributed by atoms with Crippen LogP contribution in [0.4, 0.5) is 14.4 Å². The highest BCUT2D eigenvalue weighted by atomic mass is 16.6. The van der Waals surface area contributed by atoms with Gasteiger partial charge in [0.1, 0.15) is 12.2 Å². The summed E-state index contributed by atoms with van der Waals surface area (Å²) in [5.74, 6) is 0.128. The van der Waals surface area contributed by atoms with Crippen LogP contribution in [-0.4, -0.2) is 59.1 Å². The lowest BCUT2D eigenvalue weighted by atomic mass is 10.0. The Labute approximate surface area is 219 Å². The summed E-state index contributed by atoms with van der Waals surface area (Å²) >= 11 is 0. The van der Waals surface area contributed by atoms with Crippen molar-refractivity contribution in [3.63, 3.8) is 0 Å². The van der Waals surface area contributed by atoms with Crippen LogP contribution >= 0.6 is 0 Å². The third kappa shape index (κ3) is 11.8. The van der Waals surface area contributed by atoms with Crippen molar-refractivity contribution in [2.24, 2.45) is 5.92 Å². The lowest BCUT2D eigenvalue weighted by molar-refractivity contribution is 0.00828. The summed E-state index contributed by atoms with van der Waals surface area (Å²) in [6.45, 7) is 9.54. The Kier molecular flexibility index (Phi) is 11.4. The summed E-state index contributed by atoms with van der Waals surface area (Å²) in [6.07, 6.45) is -2.33. The second-order valence-electron chi connectivity index (χ2n) is 10.3. The summed E-state index contributed by atoms with van der Waals surface area (Å²) in [5.41, 5.74) is 0.952. The Bertz CT molecular complexity index is 992. The van der Waals surface area contributed by atoms with Crippen LogP contribution in [0.1, 0.15) is 45.7 Å². The second kappa shape index (κ2) is 14.2. The molecule has 0 radical (unpaired) electrons. The zero-order chi connectivity index (χ0) is 27.4. The lowest BCUT2D eigenvalue weighted by Crippen LogP contribution is -2.54. The molecule has 0 aromatic heterocycles. The number of amides is 4. The number of benzene rings is 2. The Morgan fingerprint density at radius 1 is 0.919 bits per heavy atom. The predicted octanol–water partition coefficient (Wildman–Crippen LogP) is 4.49. The fourth-order valence-electron chi connectivity index (χ4n) is 3.55. The average molecular weight is 514 g/mol. The molecule has 0 aliphatic rings. The monoisotopic (exact) mass is 513 g/mol. The standard InChI is InChI=1S/C28H39N3O6/c1-20(2)17-31(27(35)37-28(3,4)5)18-24(32)23(16-21-12-8-6-9-13-21)29-25(33)30-26(34)36-19-22-14-10-7-11-15-22/h6-15,20,23-24,32H,16-19H2,1-5H3,(H2,29,30,33,34). The van der Waals surface area contributed by atoms with Gasteiger partial charge in [0, 0.05) is 6.54 Å². The van der Waals surface area contributed by atoms with Crippen LogP contribution in [0.2, 0.25) is 0 Å². The van der Waals surface area contributed by atoms with E-state index in [1.807, 2.05) is 62.4 Å². The van der Waals surface area contributed by atoms with Crippen molar-refractivity contribution in [2.45, 2.75) is 65.4 Å². The third-order valence-corrected chi connectivity index (χ3v) is 5.15. The van der Waals surface area contributed by atoms with Gasteiger partial charge in [-0.2, -0.15) is 0 Å². The molecule has 0 spiro atoms. The summed E-state index contributed by atoms with van der Waals surface area (Å²) in [5, 5.41) is 15.9. The summed E-state index contributed by atoms with van der Waals surface area (Å²) < 4.78 is 10.6. The fraction of sp³-hybridized carbons (Fsp3) is 0.464. The van der Waals surface area contributed by atoms with Crippen LogP contribution in [0.25, 0.3) is 0 Å². The van der Waals surface area contributed by atoms with Gasteiger partial charge in [0.05, 0.1) is 18.7 Å². The molecule has 9 nitrogen and oxygen atoms in total. The van der Waals surface area contributed by atoms with Crippen molar-refractivity contribution in [1.82, 2.24) is 15.5 Å². The molecule has 0 aliphatic carbocycles. The summed E-state index contributed by atoms with van der Waals surface area (Å²) in [7, 11) is 0. The Balaban J connectivity index is 2.08. The van der Waals surface area contributed by atoms with Crippen LogP contribution in [0, 0.1) is 5.92 Å². The Morgan fingerprint density at radius 3 is 2.03 bits per heavy atom. The zero-order valence-electron chi connectivity index (χ0n) is 22.3. The van der Waals surface area contributed by atoms with Crippen molar-refractivity contribution in [2.75, 3.05) is 13.1 Å². The van der Waals surface area contributed by atoms with E-state index in [-0.39, 0.29) is 25.5 Å². The molecule has 0 fully saturated rings. The minimum Gasteiger partial charge on any atom is -0.444 e. The molecule has 0 heterocycles. The molecule has 2 atom stereocenters. The van der Waals surface area contributed by atoms with Gasteiger partial charge >= 0.3 is 18.2 Å². The highest BCUT2D eigenvalue weighted by Crippen LogP contribution is 2.14. The Hall–Kier alpha value is -3.59. The highest BCUT2D eigenvalue weighted by molar-refractivity contribution is 5.90. The molecule has 9 heteroatoms. The maximum absolute atomic E-state index is 12.8. The van der Waals surface area contributed by atoms with Gasteiger partial charge < -0.3 is 24.8 Å². The number of imide groups is 1. The molecule has 2 aromatic rings. The van der Waals surface area contributed by atoms with Crippen molar-refractivity contribution in [3.8, 4) is 0 Å². The van der Waals surface area contributed by atoms with Crippen LogP contribution in [0.3, 0.4) is 0 Å². The van der Waals surface area contributed by atoms with Crippen molar-refractivity contribution < 1.29 is 29.0 Å². The number of nitrogens with one attached hydrogen (secondary N) is 2. The highest BCUT2D eigenvalue weighted by Gasteiger charge is 2.29. The first kappa shape index (κ1) is 29.6. The first-order valence-corrected chi connectivity index (χ1v) is 12.4. The van der Waals surface area contributed by atoms with Crippen molar-refractivity contribution in [1.29, 1.82) is 0 Å². The largest absolute Gasteiger partial charge is 0.444 e. The number of rotatable bonds is 10. The molecule has 2 rings (SSSR count). The molecule has 0 aliphatic heterocycles. The molecule has 0 saturated carbocycles. The molecule has 3 N–H and O–H groups in total. The van der Waals surface area contributed by atoms with Gasteiger partial charge in [-0.1, -0.05) is 74.5 Å². The van der Waals surface area contributed by atoms with E-state index in [1.165, 1.54) is 4.90 Å². The van der Waals surface area contributed by atoms with E-state index >= 15 is 0 Å². The SMILES string of the molecule is CC(C)CN(CC(O)C(Cc1ccccc1)NC(=O)NC(=O)OCc1ccccc1)C(=O)OC(C)(C)C. The molecule has 202 valence electrons. The number of urea groups is 1. The van der Waals surface area contributed by atoms with Gasteiger partial charge in [0.25, 0.3) is 0 Å². The van der Waals surface area contributed by atoms with Crippen LogP contribution in [0.15, 0.2) is 60.7 Å². The normalized spacial score (nSPS) is 12.8. The number of carbonyl (C=O) groups is 3. The van der Waals surface area contributed by atoms with Gasteiger partial charge in [-0.25, -0.2) is 19.7 Å². The molecular weight excluding hydrogens is 474 g/mol. The van der Waals surface area contributed by atoms with Gasteiger partial charge in [0.15, 0.2) is 0 Å². The molecule has 2 unspecified atom stereocenters. The Morgan fingerprint density at radius 2 is 1.49 bits per heavy atom. The van der Waals surface area contributed by atoms with Crippen LogP contribution < -0.4 is 10.6 Å². The fourth-order valence-corrected chi connectivity index (χ4v) is 3.55. The summed E-state index contributed by atoms with van der Waals surface area (Å²) in [4.78, 5) is 39.0. The average Bonchev–Trinajstić information content (AvgIpc) is 2.82. The van der Waals surface area contributed by atoms with Crippen LogP contribution in [-0.2, 0) is 22.5 Å². The second-order valence-corrected chi connectivity index (χ2v) is 10.3. The molecule has 0 bridgehead atoms. The summed E-state index contributed by atoms with van der Waals surface area (Å²) in [6, 6.07) is 16.8. The number of aliphatic hydroxyl groups excluding tert-OH is 1. The molecule has 2 aromatic carbocycles. The van der Waals surface area contributed by atoms with Crippen molar-refractivity contribution >= 4 is 18.2 Å². The number of aliphatic hydroxyl groups is 1. The number of carbonyl (C=O) groups excluding carboxylic acids is 3. The smallest absolute Gasteiger partial charge is 0.415 e. The van der Waals surface area contributed by atoms with E-state index in [9.17, 15) is 19.5 Å². The van der Waals surface area contributed by atoms with E-state index in [4.69, 9.17) is 9.47 Å². The van der Waals surface area contributed by atoms with Gasteiger partial charge in [0.2, 0.25) is 0 Å². The van der Waals surface area contributed by atoms with E-state index in [2.05, 4.69) is 10.6 Å². The number of hydrogen-bond donors (Lipinski definition) is 3. The quantitative estimate of drug-likeness (QED) is 0.431. The topological polar surface area (TPSA) is 117 Å². The first-order valence-electron chi connectivity index (χ1n) is 12.4. The maximum Gasteiger partial charge on any atom is 0.415 e. The van der Waals surface area contributed by atoms with E-state index in [0.717, 1.165) is 11.1 Å². The van der Waals surface area contributed by atoms with E-state index in [1.54, 1.807) is 32.9 Å². The van der Waals surface area contributed by atoms with E-state index in [0.29, 0.717) is 6.54 Å². The predicted molar refractivity (Wildman–Crippen MR) is 141 cm³/mol. The minimum atomic E-state index is -1.14. The van der Waals surface area contributed by atoms with E-state index < -0.39 is 36.0 Å². The third-order valence-electron chi connectivity index (χ3n) is 5.15. The van der Waals surface area contributed by atoms with Crippen LogP contribution in [0.5, 0.6) is 0 Å². The molecule has 37 heavy (non-hydrogen) atoms. The van der Waals surface area contributed by atoms with Gasteiger partial charge in [-0.3, -0.25) is 0 Å². The van der Waals surface area contributed by atoms with Gasteiger partial charge in [-0.15, -0.1) is 0 Å². The maximum atomic E-state index is 12.8. The number of ether oxygens (including phenoxy) is 2. The zero-order valence-corrected chi connectivity index (χ0v) is 22.3. The molecule has 4 amide bonds. The molecule has 0 saturated heterocycles. The first-order chi connectivity index (χ1) is 17.4. The van der Waals surface area contributed by atoms with Gasteiger partial charge in [-0.05, 0) is 44.2 Å². The number of hydrogen-bond acceptors (Lipinski definition) is 6. The number of nitrogens with zero attached hydrogens (tertiary/aromatic N) is 1.